The number of aromatic nitrogens is 3. The monoisotopic (exact) mass is 383 g/mol. The number of carbonyl (C=O) groups excluding carboxylic acids is 1. The van der Waals surface area contributed by atoms with Crippen molar-refractivity contribution in [2.24, 2.45) is 46.8 Å². The average Bonchev–Trinajstić information content (AvgIpc) is 3.00. The van der Waals surface area contributed by atoms with Crippen LogP contribution in [0.3, 0.4) is 0 Å². The van der Waals surface area contributed by atoms with Crippen molar-refractivity contribution in [3.8, 4) is 0 Å². The summed E-state index contributed by atoms with van der Waals surface area (Å²) < 4.78 is 1.69. The molecule has 152 valence electrons. The summed E-state index contributed by atoms with van der Waals surface area (Å²) in [5.74, 6) is 5.19. The van der Waals surface area contributed by atoms with Gasteiger partial charge in [0.05, 0.1) is 5.60 Å². The zero-order chi connectivity index (χ0) is 19.1. The van der Waals surface area contributed by atoms with E-state index < -0.39 is 0 Å². The van der Waals surface area contributed by atoms with Crippen LogP contribution in [0, 0.1) is 46.8 Å². The molecule has 1 aromatic heterocycles. The predicted octanol–water partition coefficient (Wildman–Crippen LogP) is 3.48. The van der Waals surface area contributed by atoms with E-state index in [0.717, 1.165) is 48.9 Å². The molecular weight excluding hydrogens is 350 g/mol. The molecule has 5 saturated carbocycles. The molecule has 0 amide bonds. The molecule has 5 fully saturated rings. The predicted molar refractivity (Wildman–Crippen MR) is 104 cm³/mol. The lowest BCUT2D eigenvalue weighted by Gasteiger charge is -2.56. The molecule has 1 unspecified atom stereocenters. The highest BCUT2D eigenvalue weighted by molar-refractivity contribution is 5.82. The van der Waals surface area contributed by atoms with Crippen LogP contribution in [-0.4, -0.2) is 31.3 Å². The van der Waals surface area contributed by atoms with Gasteiger partial charge in [-0.15, -0.1) is 0 Å². The van der Waals surface area contributed by atoms with Gasteiger partial charge in [-0.3, -0.25) is 4.79 Å². The first-order valence-electron chi connectivity index (χ1n) is 11.6. The maximum atomic E-state index is 13.1. The summed E-state index contributed by atoms with van der Waals surface area (Å²) in [4.78, 5) is 17.1. The highest BCUT2D eigenvalue weighted by Gasteiger charge is 2.65. The SMILES string of the molecule is C[C@]12CC[C@@H]3[C@H]4CC[C@]5(O)CC5[C@H]4CC[C@H]3[C@@H]1CC[C@@H]2C(=O)Cn1cncn1. The lowest BCUT2D eigenvalue weighted by atomic mass is 9.49. The van der Waals surface area contributed by atoms with Crippen molar-refractivity contribution in [2.45, 2.75) is 76.9 Å². The molecule has 5 aliphatic carbocycles. The van der Waals surface area contributed by atoms with E-state index in [0.29, 0.717) is 18.2 Å². The van der Waals surface area contributed by atoms with E-state index >= 15 is 0 Å². The molecule has 9 atom stereocenters. The van der Waals surface area contributed by atoms with Crippen molar-refractivity contribution in [1.29, 1.82) is 0 Å². The smallest absolute Gasteiger partial charge is 0.157 e. The van der Waals surface area contributed by atoms with E-state index in [1.807, 2.05) is 0 Å². The lowest BCUT2D eigenvalue weighted by molar-refractivity contribution is -0.131. The highest BCUT2D eigenvalue weighted by atomic mass is 16.3. The lowest BCUT2D eigenvalue weighted by Crippen LogP contribution is -2.50. The van der Waals surface area contributed by atoms with Crippen LogP contribution in [0.5, 0.6) is 0 Å². The van der Waals surface area contributed by atoms with Crippen molar-refractivity contribution in [3.05, 3.63) is 12.7 Å². The Labute approximate surface area is 167 Å². The van der Waals surface area contributed by atoms with Crippen molar-refractivity contribution < 1.29 is 9.90 Å². The fraction of sp³-hybridized carbons (Fsp3) is 0.870. The maximum absolute atomic E-state index is 13.1. The molecule has 5 nitrogen and oxygen atoms in total. The van der Waals surface area contributed by atoms with Gasteiger partial charge in [-0.05, 0) is 98.7 Å². The number of hydrogen-bond donors (Lipinski definition) is 1. The third-order valence-electron chi connectivity index (χ3n) is 10.1. The van der Waals surface area contributed by atoms with Crippen LogP contribution in [0.25, 0.3) is 0 Å². The fourth-order valence-corrected chi connectivity index (χ4v) is 8.80. The summed E-state index contributed by atoms with van der Waals surface area (Å²) in [5.41, 5.74) is -0.0932. The topological polar surface area (TPSA) is 68.0 Å². The van der Waals surface area contributed by atoms with Gasteiger partial charge in [-0.1, -0.05) is 6.92 Å². The van der Waals surface area contributed by atoms with Crippen molar-refractivity contribution in [1.82, 2.24) is 14.8 Å². The molecule has 1 N–H and O–H groups in total. The molecule has 0 aromatic carbocycles. The minimum absolute atomic E-state index is 0.181. The standard InChI is InChI=1S/C23H33N3O2/c1-22-8-6-14-15-7-9-23(28)10-20(23)17(15)3-2-16(14)18(22)4-5-19(22)21(27)11-26-13-24-12-25-26/h12-20,28H,2-11H2,1H3/t14-,15-,16-,17+,18+,19-,20?,22+,23+/m1/s1. The van der Waals surface area contributed by atoms with Gasteiger partial charge in [0, 0.05) is 5.92 Å². The second-order valence-corrected chi connectivity index (χ2v) is 11.0. The molecule has 0 radical (unpaired) electrons. The Balaban J connectivity index is 1.21. The first-order valence-corrected chi connectivity index (χ1v) is 11.6. The third-order valence-corrected chi connectivity index (χ3v) is 10.1. The molecule has 5 heteroatoms. The van der Waals surface area contributed by atoms with E-state index in [1.54, 1.807) is 11.0 Å². The van der Waals surface area contributed by atoms with E-state index in [9.17, 15) is 9.90 Å². The summed E-state index contributed by atoms with van der Waals surface area (Å²) in [6, 6.07) is 0. The molecule has 0 aliphatic heterocycles. The highest BCUT2D eigenvalue weighted by Crippen LogP contribution is 2.68. The third kappa shape index (κ3) is 2.37. The summed E-state index contributed by atoms with van der Waals surface area (Å²) in [6.07, 6.45) is 14.0. The Hall–Kier alpha value is -1.23. The number of carbonyl (C=O) groups is 1. The number of aliphatic hydroxyl groups is 1. The zero-order valence-electron chi connectivity index (χ0n) is 17.0. The van der Waals surface area contributed by atoms with Gasteiger partial charge in [-0.25, -0.2) is 9.67 Å². The average molecular weight is 384 g/mol. The molecule has 5 aliphatic rings. The second-order valence-electron chi connectivity index (χ2n) is 11.0. The van der Waals surface area contributed by atoms with Gasteiger partial charge in [0.1, 0.15) is 19.2 Å². The number of Topliss-reactive ketones (excluding diaryl/α,β-unsaturated/α-hetero) is 1. The number of rotatable bonds is 3. The minimum atomic E-state index is -0.274. The molecule has 0 spiro atoms. The Morgan fingerprint density at radius 3 is 2.54 bits per heavy atom. The van der Waals surface area contributed by atoms with Crippen molar-refractivity contribution in [2.75, 3.05) is 0 Å². The molecular formula is C23H33N3O2. The molecule has 0 bridgehead atoms. The van der Waals surface area contributed by atoms with Crippen LogP contribution in [0.2, 0.25) is 0 Å². The summed E-state index contributed by atoms with van der Waals surface area (Å²) in [6.45, 7) is 2.81. The molecule has 28 heavy (non-hydrogen) atoms. The Morgan fingerprint density at radius 1 is 1.04 bits per heavy atom. The van der Waals surface area contributed by atoms with Gasteiger partial charge in [0.25, 0.3) is 0 Å². The van der Waals surface area contributed by atoms with Crippen molar-refractivity contribution in [3.63, 3.8) is 0 Å². The number of ketones is 1. The summed E-state index contributed by atoms with van der Waals surface area (Å²) in [7, 11) is 0. The van der Waals surface area contributed by atoms with Gasteiger partial charge in [-0.2, -0.15) is 5.10 Å². The normalized spacial score (nSPS) is 51.6. The van der Waals surface area contributed by atoms with Gasteiger partial charge >= 0.3 is 0 Å². The Kier molecular flexibility index (Phi) is 3.71. The zero-order valence-corrected chi connectivity index (χ0v) is 17.0. The quantitative estimate of drug-likeness (QED) is 0.868. The van der Waals surface area contributed by atoms with Crippen molar-refractivity contribution >= 4 is 5.78 Å². The first-order chi connectivity index (χ1) is 13.5. The second kappa shape index (κ2) is 5.90. The Morgan fingerprint density at radius 2 is 1.79 bits per heavy atom. The molecule has 6 rings (SSSR count). The van der Waals surface area contributed by atoms with E-state index in [-0.39, 0.29) is 16.9 Å². The van der Waals surface area contributed by atoms with Crippen LogP contribution in [-0.2, 0) is 11.3 Å². The van der Waals surface area contributed by atoms with Gasteiger partial charge < -0.3 is 5.11 Å². The van der Waals surface area contributed by atoms with Gasteiger partial charge in [0.2, 0.25) is 0 Å². The van der Waals surface area contributed by atoms with Crippen LogP contribution in [0.4, 0.5) is 0 Å². The summed E-state index contributed by atoms with van der Waals surface area (Å²) >= 11 is 0. The van der Waals surface area contributed by atoms with Crippen LogP contribution in [0.1, 0.15) is 64.7 Å². The van der Waals surface area contributed by atoms with E-state index in [1.165, 1.54) is 44.9 Å². The molecule has 0 saturated heterocycles. The van der Waals surface area contributed by atoms with E-state index in [2.05, 4.69) is 17.0 Å². The largest absolute Gasteiger partial charge is 0.390 e. The van der Waals surface area contributed by atoms with E-state index in [4.69, 9.17) is 0 Å². The molecule has 1 heterocycles. The number of fused-ring (bicyclic) bond motifs is 7. The fourth-order valence-electron chi connectivity index (χ4n) is 8.80. The summed E-state index contributed by atoms with van der Waals surface area (Å²) in [5, 5.41) is 14.8. The first kappa shape index (κ1) is 17.6. The number of hydrogen-bond acceptors (Lipinski definition) is 4. The maximum Gasteiger partial charge on any atom is 0.157 e. The molecule has 1 aromatic rings. The van der Waals surface area contributed by atoms with Crippen LogP contribution < -0.4 is 0 Å². The van der Waals surface area contributed by atoms with Crippen LogP contribution in [0.15, 0.2) is 12.7 Å². The Bertz CT molecular complexity index is 779. The minimum Gasteiger partial charge on any atom is -0.390 e. The number of nitrogens with zero attached hydrogens (tertiary/aromatic N) is 3. The van der Waals surface area contributed by atoms with Gasteiger partial charge in [0.15, 0.2) is 5.78 Å². The van der Waals surface area contributed by atoms with Crippen LogP contribution >= 0.6 is 0 Å².